The second-order valence-corrected chi connectivity index (χ2v) is 5.54. The van der Waals surface area contributed by atoms with Gasteiger partial charge < -0.3 is 10.2 Å². The summed E-state index contributed by atoms with van der Waals surface area (Å²) in [7, 11) is 4.07. The molecule has 0 spiro atoms. The molecule has 1 fully saturated rings. The molecule has 0 unspecified atom stereocenters. The van der Waals surface area contributed by atoms with Gasteiger partial charge in [0.1, 0.15) is 18.0 Å². The minimum Gasteiger partial charge on any atom is -0.373 e. The van der Waals surface area contributed by atoms with E-state index in [0.29, 0.717) is 5.92 Å². The molecule has 18 heavy (non-hydrogen) atoms. The fourth-order valence-electron chi connectivity index (χ4n) is 2.57. The lowest BCUT2D eigenvalue weighted by Gasteiger charge is -2.32. The van der Waals surface area contributed by atoms with E-state index in [0.717, 1.165) is 24.1 Å². The van der Waals surface area contributed by atoms with Crippen molar-refractivity contribution in [1.82, 2.24) is 9.97 Å². The van der Waals surface area contributed by atoms with E-state index >= 15 is 0 Å². The highest BCUT2D eigenvalue weighted by molar-refractivity contribution is 5.59. The molecule has 0 amide bonds. The summed E-state index contributed by atoms with van der Waals surface area (Å²) in [6.07, 6.45) is 5.78. The lowest BCUT2D eigenvalue weighted by atomic mass is 9.85. The maximum atomic E-state index is 4.49. The van der Waals surface area contributed by atoms with E-state index in [2.05, 4.69) is 41.1 Å². The molecule has 1 aliphatic carbocycles. The summed E-state index contributed by atoms with van der Waals surface area (Å²) in [5, 5.41) is 3.18. The topological polar surface area (TPSA) is 41.1 Å². The average molecular weight is 248 g/mol. The van der Waals surface area contributed by atoms with Crippen LogP contribution in [0.4, 0.5) is 11.6 Å². The van der Waals surface area contributed by atoms with E-state index < -0.39 is 0 Å². The number of anilines is 2. The minimum absolute atomic E-state index is 0.424. The Labute approximate surface area is 110 Å². The third-order valence-electron chi connectivity index (χ3n) is 3.80. The van der Waals surface area contributed by atoms with E-state index in [1.807, 2.05) is 7.05 Å². The summed E-state index contributed by atoms with van der Waals surface area (Å²) in [4.78, 5) is 11.1. The first-order valence-corrected chi connectivity index (χ1v) is 6.87. The Hall–Kier alpha value is -1.32. The minimum atomic E-state index is 0.424. The largest absolute Gasteiger partial charge is 0.373 e. The monoisotopic (exact) mass is 248 g/mol. The van der Waals surface area contributed by atoms with Crippen molar-refractivity contribution in [2.45, 2.75) is 39.0 Å². The number of hydrogen-bond donors (Lipinski definition) is 1. The molecule has 1 N–H and O–H groups in total. The van der Waals surface area contributed by atoms with Crippen LogP contribution in [-0.4, -0.2) is 30.6 Å². The molecule has 0 radical (unpaired) electrons. The van der Waals surface area contributed by atoms with Gasteiger partial charge in [-0.1, -0.05) is 20.3 Å². The van der Waals surface area contributed by atoms with Crippen molar-refractivity contribution in [2.24, 2.45) is 5.92 Å². The Balaban J connectivity index is 2.24. The fourth-order valence-corrected chi connectivity index (χ4v) is 2.57. The molecular formula is C14H24N4. The molecule has 0 bridgehead atoms. The van der Waals surface area contributed by atoms with E-state index in [1.165, 1.54) is 24.8 Å². The van der Waals surface area contributed by atoms with Gasteiger partial charge in [-0.3, -0.25) is 0 Å². The van der Waals surface area contributed by atoms with Gasteiger partial charge in [-0.2, -0.15) is 0 Å². The van der Waals surface area contributed by atoms with Crippen molar-refractivity contribution in [3.8, 4) is 0 Å². The van der Waals surface area contributed by atoms with Gasteiger partial charge in [0.05, 0.1) is 0 Å². The van der Waals surface area contributed by atoms with Crippen LogP contribution in [0.1, 0.15) is 44.6 Å². The van der Waals surface area contributed by atoms with Crippen molar-refractivity contribution >= 4 is 11.6 Å². The Bertz CT molecular complexity index is 399. The number of rotatable bonds is 5. The average Bonchev–Trinajstić information content (AvgIpc) is 2.32. The molecule has 1 heterocycles. The van der Waals surface area contributed by atoms with Gasteiger partial charge in [0, 0.05) is 26.2 Å². The van der Waals surface area contributed by atoms with E-state index in [1.54, 1.807) is 6.33 Å². The first kappa shape index (κ1) is 13.1. The third-order valence-corrected chi connectivity index (χ3v) is 3.80. The first-order chi connectivity index (χ1) is 8.63. The van der Waals surface area contributed by atoms with Gasteiger partial charge in [-0.25, -0.2) is 9.97 Å². The molecule has 0 aliphatic heterocycles. The Morgan fingerprint density at radius 3 is 2.61 bits per heavy atom. The van der Waals surface area contributed by atoms with Crippen LogP contribution in [0.3, 0.4) is 0 Å². The zero-order valence-electron chi connectivity index (χ0n) is 11.9. The molecule has 4 heteroatoms. The predicted octanol–water partition coefficient (Wildman–Crippen LogP) is 2.88. The lowest BCUT2D eigenvalue weighted by molar-refractivity contribution is 0.321. The lowest BCUT2D eigenvalue weighted by Crippen LogP contribution is -2.31. The van der Waals surface area contributed by atoms with Crippen LogP contribution in [0, 0.1) is 5.92 Å². The number of hydrogen-bond acceptors (Lipinski definition) is 4. The van der Waals surface area contributed by atoms with E-state index in [9.17, 15) is 0 Å². The molecule has 4 nitrogen and oxygen atoms in total. The Morgan fingerprint density at radius 1 is 1.39 bits per heavy atom. The standard InChI is InChI=1S/C14H24N4/c1-10(2)12-13(15-3)16-9-17-14(12)18(4)8-11-6-5-7-11/h9-11H,5-8H2,1-4H3,(H,15,16,17). The van der Waals surface area contributed by atoms with Crippen LogP contribution < -0.4 is 10.2 Å². The Morgan fingerprint density at radius 2 is 2.11 bits per heavy atom. The van der Waals surface area contributed by atoms with Gasteiger partial charge in [0.15, 0.2) is 0 Å². The molecule has 1 aromatic heterocycles. The van der Waals surface area contributed by atoms with Gasteiger partial charge >= 0.3 is 0 Å². The van der Waals surface area contributed by atoms with Crippen molar-refractivity contribution in [3.63, 3.8) is 0 Å². The fraction of sp³-hybridized carbons (Fsp3) is 0.714. The molecule has 0 aromatic carbocycles. The maximum Gasteiger partial charge on any atom is 0.137 e. The predicted molar refractivity (Wildman–Crippen MR) is 76.3 cm³/mol. The van der Waals surface area contributed by atoms with Crippen LogP contribution in [-0.2, 0) is 0 Å². The van der Waals surface area contributed by atoms with Crippen LogP contribution in [0.5, 0.6) is 0 Å². The van der Waals surface area contributed by atoms with E-state index in [-0.39, 0.29) is 0 Å². The highest BCUT2D eigenvalue weighted by Crippen LogP contribution is 2.33. The third kappa shape index (κ3) is 2.57. The van der Waals surface area contributed by atoms with Crippen LogP contribution in [0.15, 0.2) is 6.33 Å². The van der Waals surface area contributed by atoms with Crippen molar-refractivity contribution in [3.05, 3.63) is 11.9 Å². The summed E-state index contributed by atoms with van der Waals surface area (Å²) in [5.74, 6) is 3.31. The quantitative estimate of drug-likeness (QED) is 0.870. The first-order valence-electron chi connectivity index (χ1n) is 6.87. The molecular weight excluding hydrogens is 224 g/mol. The van der Waals surface area contributed by atoms with Gasteiger partial charge in [0.2, 0.25) is 0 Å². The zero-order valence-corrected chi connectivity index (χ0v) is 11.9. The van der Waals surface area contributed by atoms with E-state index in [4.69, 9.17) is 0 Å². The second-order valence-electron chi connectivity index (χ2n) is 5.54. The summed E-state index contributed by atoms with van der Waals surface area (Å²) in [6.45, 7) is 5.50. The summed E-state index contributed by atoms with van der Waals surface area (Å²) in [5.41, 5.74) is 1.22. The van der Waals surface area contributed by atoms with Crippen LogP contribution in [0.25, 0.3) is 0 Å². The molecule has 0 atom stereocenters. The number of nitrogens with zero attached hydrogens (tertiary/aromatic N) is 3. The second kappa shape index (κ2) is 5.55. The molecule has 1 aliphatic rings. The molecule has 1 aromatic rings. The zero-order chi connectivity index (χ0) is 13.1. The molecule has 1 saturated carbocycles. The Kier molecular flexibility index (Phi) is 4.04. The van der Waals surface area contributed by atoms with Gasteiger partial charge in [-0.15, -0.1) is 0 Å². The number of nitrogens with one attached hydrogen (secondary N) is 1. The van der Waals surface area contributed by atoms with Gasteiger partial charge in [0.25, 0.3) is 0 Å². The molecule has 2 rings (SSSR count). The van der Waals surface area contributed by atoms with Gasteiger partial charge in [-0.05, 0) is 24.7 Å². The van der Waals surface area contributed by atoms with Crippen molar-refractivity contribution in [2.75, 3.05) is 30.9 Å². The highest BCUT2D eigenvalue weighted by atomic mass is 15.2. The normalized spacial score (nSPS) is 15.6. The van der Waals surface area contributed by atoms with Crippen LogP contribution in [0.2, 0.25) is 0 Å². The number of aromatic nitrogens is 2. The SMILES string of the molecule is CNc1ncnc(N(C)CC2CCC2)c1C(C)C. The smallest absolute Gasteiger partial charge is 0.137 e. The molecule has 0 saturated heterocycles. The summed E-state index contributed by atoms with van der Waals surface area (Å²) >= 11 is 0. The summed E-state index contributed by atoms with van der Waals surface area (Å²) < 4.78 is 0. The van der Waals surface area contributed by atoms with Crippen LogP contribution >= 0.6 is 0 Å². The van der Waals surface area contributed by atoms with Crippen molar-refractivity contribution < 1.29 is 0 Å². The van der Waals surface area contributed by atoms with Crippen molar-refractivity contribution in [1.29, 1.82) is 0 Å². The molecule has 100 valence electrons. The maximum absolute atomic E-state index is 4.49. The highest BCUT2D eigenvalue weighted by Gasteiger charge is 2.22. The summed E-state index contributed by atoms with van der Waals surface area (Å²) in [6, 6.07) is 0.